The van der Waals surface area contributed by atoms with E-state index in [0.717, 1.165) is 28.1 Å². The second-order valence-electron chi connectivity index (χ2n) is 8.22. The molecular formula is C29H24N4O2. The first-order valence-corrected chi connectivity index (χ1v) is 11.3. The van der Waals surface area contributed by atoms with Gasteiger partial charge in [0.25, 0.3) is 5.91 Å². The number of hydrogen-bond acceptors (Lipinski definition) is 4. The van der Waals surface area contributed by atoms with E-state index in [2.05, 4.69) is 21.5 Å². The van der Waals surface area contributed by atoms with Crippen molar-refractivity contribution in [2.45, 2.75) is 13.8 Å². The number of amides is 1. The summed E-state index contributed by atoms with van der Waals surface area (Å²) in [6.07, 6.45) is 0. The van der Waals surface area contributed by atoms with Crippen molar-refractivity contribution in [2.24, 2.45) is 0 Å². The summed E-state index contributed by atoms with van der Waals surface area (Å²) < 4.78 is 7.55. The fourth-order valence-electron chi connectivity index (χ4n) is 3.81. The minimum absolute atomic E-state index is 0.0911. The Labute approximate surface area is 203 Å². The Bertz CT molecular complexity index is 1460. The van der Waals surface area contributed by atoms with Crippen LogP contribution in [0.2, 0.25) is 0 Å². The summed E-state index contributed by atoms with van der Waals surface area (Å²) in [6.45, 7) is 4.07. The molecule has 0 bridgehead atoms. The smallest absolute Gasteiger partial charge is 0.295 e. The van der Waals surface area contributed by atoms with Crippen LogP contribution in [0.3, 0.4) is 0 Å². The van der Waals surface area contributed by atoms with Crippen molar-refractivity contribution in [1.82, 2.24) is 14.8 Å². The number of nitrogens with one attached hydrogen (secondary N) is 1. The van der Waals surface area contributed by atoms with Crippen LogP contribution in [-0.2, 0) is 0 Å². The molecule has 5 aromatic rings. The van der Waals surface area contributed by atoms with Gasteiger partial charge in [0.2, 0.25) is 5.82 Å². The van der Waals surface area contributed by atoms with E-state index in [1.165, 1.54) is 0 Å². The second kappa shape index (κ2) is 9.65. The molecular weight excluding hydrogens is 436 g/mol. The van der Waals surface area contributed by atoms with Crippen molar-refractivity contribution in [3.63, 3.8) is 0 Å². The molecule has 4 aromatic carbocycles. The molecule has 0 fully saturated rings. The van der Waals surface area contributed by atoms with Crippen molar-refractivity contribution in [1.29, 1.82) is 0 Å². The molecule has 0 radical (unpaired) electrons. The van der Waals surface area contributed by atoms with Crippen LogP contribution in [0.5, 0.6) is 11.5 Å². The number of aromatic nitrogens is 3. The van der Waals surface area contributed by atoms with Gasteiger partial charge in [-0.05, 0) is 61.9 Å². The maximum atomic E-state index is 13.1. The predicted octanol–water partition coefficient (Wildman–Crippen LogP) is 6.60. The maximum Gasteiger partial charge on any atom is 0.295 e. The molecule has 0 aliphatic heterocycles. The molecule has 6 heteroatoms. The monoisotopic (exact) mass is 460 g/mol. The van der Waals surface area contributed by atoms with Crippen molar-refractivity contribution >= 4 is 11.6 Å². The van der Waals surface area contributed by atoms with Crippen LogP contribution in [0.25, 0.3) is 17.1 Å². The molecule has 1 heterocycles. The highest BCUT2D eigenvalue weighted by atomic mass is 16.5. The average Bonchev–Trinajstić information content (AvgIpc) is 3.32. The van der Waals surface area contributed by atoms with E-state index in [9.17, 15) is 4.79 Å². The summed E-state index contributed by atoms with van der Waals surface area (Å²) in [5.74, 6) is 1.74. The SMILES string of the molecule is Cc1ccc(-n2nc(C(=O)Nc3ccc(Oc4ccccc4)cc3)nc2-c2ccccc2)c(C)c1. The Balaban J connectivity index is 1.41. The first kappa shape index (κ1) is 22.1. The van der Waals surface area contributed by atoms with Crippen LogP contribution in [0.15, 0.2) is 103 Å². The van der Waals surface area contributed by atoms with Gasteiger partial charge in [-0.25, -0.2) is 9.67 Å². The molecule has 0 aliphatic carbocycles. The summed E-state index contributed by atoms with van der Waals surface area (Å²) in [5.41, 5.74) is 4.59. The Hall–Kier alpha value is -4.71. The number of anilines is 1. The molecule has 0 saturated heterocycles. The van der Waals surface area contributed by atoms with Crippen molar-refractivity contribution < 1.29 is 9.53 Å². The molecule has 0 saturated carbocycles. The van der Waals surface area contributed by atoms with E-state index in [1.807, 2.05) is 86.6 Å². The second-order valence-corrected chi connectivity index (χ2v) is 8.22. The minimum atomic E-state index is -0.387. The molecule has 0 spiro atoms. The molecule has 0 unspecified atom stereocenters. The molecule has 0 atom stereocenters. The molecule has 0 aliphatic rings. The summed E-state index contributed by atoms with van der Waals surface area (Å²) in [6, 6.07) is 32.6. The van der Waals surface area contributed by atoms with Crippen LogP contribution in [-0.4, -0.2) is 20.7 Å². The van der Waals surface area contributed by atoms with E-state index >= 15 is 0 Å². The zero-order valence-electron chi connectivity index (χ0n) is 19.5. The van der Waals surface area contributed by atoms with E-state index in [1.54, 1.807) is 28.9 Å². The van der Waals surface area contributed by atoms with Gasteiger partial charge in [-0.2, -0.15) is 0 Å². The number of hydrogen-bond donors (Lipinski definition) is 1. The zero-order valence-corrected chi connectivity index (χ0v) is 19.5. The third kappa shape index (κ3) is 4.96. The lowest BCUT2D eigenvalue weighted by atomic mass is 10.1. The molecule has 6 nitrogen and oxygen atoms in total. The molecule has 1 amide bonds. The number of ether oxygens (including phenoxy) is 1. The molecule has 35 heavy (non-hydrogen) atoms. The normalized spacial score (nSPS) is 10.7. The van der Waals surface area contributed by atoms with Crippen molar-refractivity contribution in [3.8, 4) is 28.6 Å². The highest BCUT2D eigenvalue weighted by Gasteiger charge is 2.20. The highest BCUT2D eigenvalue weighted by molar-refractivity contribution is 6.01. The summed E-state index contributed by atoms with van der Waals surface area (Å²) in [4.78, 5) is 17.7. The Morgan fingerprint density at radius 2 is 1.46 bits per heavy atom. The number of nitrogens with zero attached hydrogens (tertiary/aromatic N) is 3. The van der Waals surface area contributed by atoms with Gasteiger partial charge in [-0.3, -0.25) is 4.79 Å². The van der Waals surface area contributed by atoms with Crippen LogP contribution >= 0.6 is 0 Å². The molecule has 172 valence electrons. The predicted molar refractivity (Wildman–Crippen MR) is 137 cm³/mol. The van der Waals surface area contributed by atoms with E-state index in [4.69, 9.17) is 4.74 Å². The van der Waals surface area contributed by atoms with Crippen molar-refractivity contribution in [3.05, 3.63) is 120 Å². The van der Waals surface area contributed by atoms with E-state index in [-0.39, 0.29) is 11.7 Å². The lowest BCUT2D eigenvalue weighted by Crippen LogP contribution is -2.14. The number of benzene rings is 4. The summed E-state index contributed by atoms with van der Waals surface area (Å²) >= 11 is 0. The van der Waals surface area contributed by atoms with Gasteiger partial charge < -0.3 is 10.1 Å². The van der Waals surface area contributed by atoms with E-state index < -0.39 is 0 Å². The van der Waals surface area contributed by atoms with E-state index in [0.29, 0.717) is 17.3 Å². The van der Waals surface area contributed by atoms with Gasteiger partial charge in [0.05, 0.1) is 5.69 Å². The van der Waals surface area contributed by atoms with Gasteiger partial charge >= 0.3 is 0 Å². The minimum Gasteiger partial charge on any atom is -0.457 e. The lowest BCUT2D eigenvalue weighted by Gasteiger charge is -2.09. The Kier molecular flexibility index (Phi) is 6.09. The molecule has 1 N–H and O–H groups in total. The fraction of sp³-hybridized carbons (Fsp3) is 0.0690. The highest BCUT2D eigenvalue weighted by Crippen LogP contribution is 2.25. The number of aryl methyl sites for hydroxylation is 2. The zero-order chi connectivity index (χ0) is 24.2. The van der Waals surface area contributed by atoms with Crippen LogP contribution in [0, 0.1) is 13.8 Å². The number of carbonyl (C=O) groups excluding carboxylic acids is 1. The van der Waals surface area contributed by atoms with Gasteiger partial charge in [-0.1, -0.05) is 66.2 Å². The largest absolute Gasteiger partial charge is 0.457 e. The first-order valence-electron chi connectivity index (χ1n) is 11.3. The topological polar surface area (TPSA) is 69.0 Å². The third-order valence-corrected chi connectivity index (χ3v) is 5.51. The van der Waals surface area contributed by atoms with Gasteiger partial charge in [-0.15, -0.1) is 5.10 Å². The summed E-state index contributed by atoms with van der Waals surface area (Å²) in [7, 11) is 0. The van der Waals surface area contributed by atoms with Crippen LogP contribution < -0.4 is 10.1 Å². The third-order valence-electron chi connectivity index (χ3n) is 5.51. The van der Waals surface area contributed by atoms with Crippen LogP contribution in [0.1, 0.15) is 21.7 Å². The number of para-hydroxylation sites is 1. The standard InChI is InChI=1S/C29H24N4O2/c1-20-13-18-26(21(2)19-20)33-28(22-9-5-3-6-10-22)31-27(32-33)29(34)30-23-14-16-25(17-15-23)35-24-11-7-4-8-12-24/h3-19H,1-2H3,(H,30,34). The maximum absolute atomic E-state index is 13.1. The number of rotatable bonds is 6. The Morgan fingerprint density at radius 1 is 0.800 bits per heavy atom. The fourth-order valence-corrected chi connectivity index (χ4v) is 3.81. The van der Waals surface area contributed by atoms with Crippen molar-refractivity contribution in [2.75, 3.05) is 5.32 Å². The summed E-state index contributed by atoms with van der Waals surface area (Å²) in [5, 5.41) is 7.47. The van der Waals surface area contributed by atoms with Gasteiger partial charge in [0.15, 0.2) is 5.82 Å². The first-order chi connectivity index (χ1) is 17.1. The molecule has 1 aromatic heterocycles. The van der Waals surface area contributed by atoms with Gasteiger partial charge in [0, 0.05) is 11.3 Å². The van der Waals surface area contributed by atoms with Crippen LogP contribution in [0.4, 0.5) is 5.69 Å². The van der Waals surface area contributed by atoms with Gasteiger partial charge in [0.1, 0.15) is 11.5 Å². The Morgan fingerprint density at radius 3 is 2.14 bits per heavy atom. The number of carbonyl (C=O) groups is 1. The average molecular weight is 461 g/mol. The molecule has 5 rings (SSSR count). The quantitative estimate of drug-likeness (QED) is 0.310. The lowest BCUT2D eigenvalue weighted by molar-refractivity contribution is 0.101.